The van der Waals surface area contributed by atoms with Gasteiger partial charge in [0.1, 0.15) is 23.7 Å². The van der Waals surface area contributed by atoms with Crippen LogP contribution in [0.4, 0.5) is 10.1 Å². The predicted molar refractivity (Wildman–Crippen MR) is 110 cm³/mol. The summed E-state index contributed by atoms with van der Waals surface area (Å²) in [4.78, 5) is 12.8. The molecule has 2 aromatic rings. The summed E-state index contributed by atoms with van der Waals surface area (Å²) >= 11 is 0. The number of anilines is 1. The predicted octanol–water partition coefficient (Wildman–Crippen LogP) is 3.32. The minimum atomic E-state index is -3.78. The van der Waals surface area contributed by atoms with Crippen molar-refractivity contribution < 1.29 is 22.3 Å². The van der Waals surface area contributed by atoms with Gasteiger partial charge in [0.05, 0.1) is 18.0 Å². The Morgan fingerprint density at radius 2 is 2.00 bits per heavy atom. The molecule has 0 bridgehead atoms. The van der Waals surface area contributed by atoms with Gasteiger partial charge in [-0.1, -0.05) is 18.2 Å². The first-order chi connectivity index (χ1) is 13.4. The maximum atomic E-state index is 13.6. The molecule has 0 radical (unpaired) electrons. The molecule has 6 nitrogen and oxygen atoms in total. The molecule has 0 spiro atoms. The van der Waals surface area contributed by atoms with Crippen LogP contribution in [0.5, 0.6) is 5.75 Å². The Morgan fingerprint density at radius 3 is 2.66 bits per heavy atom. The van der Waals surface area contributed by atoms with Crippen LogP contribution >= 0.6 is 0 Å². The SMILES string of the molecule is Cc1ccc2c(c1)OC(C)(C)CC2NC(=O)CN(c1cccc(F)c1)S(C)(=O)=O. The molecule has 1 atom stereocenters. The van der Waals surface area contributed by atoms with Gasteiger partial charge >= 0.3 is 0 Å². The fourth-order valence-corrected chi connectivity index (χ4v) is 4.34. The number of carbonyl (C=O) groups is 1. The third kappa shape index (κ3) is 5.06. The van der Waals surface area contributed by atoms with Crippen LogP contribution in [-0.4, -0.2) is 32.7 Å². The van der Waals surface area contributed by atoms with Gasteiger partial charge in [-0.15, -0.1) is 0 Å². The van der Waals surface area contributed by atoms with Crippen LogP contribution in [0.2, 0.25) is 0 Å². The van der Waals surface area contributed by atoms with Crippen LogP contribution in [0.25, 0.3) is 0 Å². The lowest BCUT2D eigenvalue weighted by Crippen LogP contribution is -2.45. The molecule has 3 rings (SSSR count). The third-order valence-electron chi connectivity index (χ3n) is 4.75. The number of hydrogen-bond acceptors (Lipinski definition) is 4. The summed E-state index contributed by atoms with van der Waals surface area (Å²) in [6, 6.07) is 10.6. The highest BCUT2D eigenvalue weighted by molar-refractivity contribution is 7.92. The molecular formula is C21H25FN2O4S. The van der Waals surface area contributed by atoms with Crippen molar-refractivity contribution in [2.24, 2.45) is 0 Å². The van der Waals surface area contributed by atoms with E-state index in [4.69, 9.17) is 4.74 Å². The van der Waals surface area contributed by atoms with Crippen LogP contribution in [0, 0.1) is 12.7 Å². The van der Waals surface area contributed by atoms with Crippen molar-refractivity contribution in [3.63, 3.8) is 0 Å². The zero-order chi connectivity index (χ0) is 21.4. The van der Waals surface area contributed by atoms with Crippen LogP contribution in [0.3, 0.4) is 0 Å². The largest absolute Gasteiger partial charge is 0.487 e. The molecule has 1 aliphatic rings. The first-order valence-electron chi connectivity index (χ1n) is 9.27. The van der Waals surface area contributed by atoms with Crippen molar-refractivity contribution in [2.45, 2.75) is 38.8 Å². The second-order valence-electron chi connectivity index (χ2n) is 7.98. The standard InChI is InChI=1S/C21H25FN2O4S/c1-14-8-9-17-18(12-21(2,3)28-19(17)10-14)23-20(25)13-24(29(4,26)27)16-7-5-6-15(22)11-16/h5-11,18H,12-13H2,1-4H3,(H,23,25). The average molecular weight is 421 g/mol. The van der Waals surface area contributed by atoms with Crippen LogP contribution in [-0.2, 0) is 14.8 Å². The van der Waals surface area contributed by atoms with Crippen LogP contribution in [0.15, 0.2) is 42.5 Å². The van der Waals surface area contributed by atoms with E-state index in [-0.39, 0.29) is 11.7 Å². The lowest BCUT2D eigenvalue weighted by Gasteiger charge is -2.38. The van der Waals surface area contributed by atoms with Crippen molar-refractivity contribution in [3.05, 3.63) is 59.4 Å². The van der Waals surface area contributed by atoms with Crippen molar-refractivity contribution >= 4 is 21.6 Å². The normalized spacial score (nSPS) is 17.8. The number of sulfonamides is 1. The van der Waals surface area contributed by atoms with Crippen LogP contribution < -0.4 is 14.4 Å². The van der Waals surface area contributed by atoms with E-state index in [1.54, 1.807) is 0 Å². The number of benzene rings is 2. The number of amides is 1. The molecule has 156 valence electrons. The molecular weight excluding hydrogens is 395 g/mol. The zero-order valence-electron chi connectivity index (χ0n) is 16.9. The Balaban J connectivity index is 1.84. The number of carbonyl (C=O) groups excluding carboxylic acids is 1. The Hall–Kier alpha value is -2.61. The Labute approximate surface area is 170 Å². The van der Waals surface area contributed by atoms with E-state index in [2.05, 4.69) is 5.32 Å². The second kappa shape index (κ2) is 7.67. The van der Waals surface area contributed by atoms with Crippen LogP contribution in [0.1, 0.15) is 37.4 Å². The summed E-state index contributed by atoms with van der Waals surface area (Å²) in [5.41, 5.74) is 1.50. The number of nitrogens with one attached hydrogen (secondary N) is 1. The summed E-state index contributed by atoms with van der Waals surface area (Å²) in [6.45, 7) is 5.39. The molecule has 29 heavy (non-hydrogen) atoms. The lowest BCUT2D eigenvalue weighted by molar-refractivity contribution is -0.120. The van der Waals surface area contributed by atoms with Gasteiger partial charge in [-0.05, 0) is 50.6 Å². The van der Waals surface area contributed by atoms with E-state index < -0.39 is 33.9 Å². The van der Waals surface area contributed by atoms with Crippen molar-refractivity contribution in [1.29, 1.82) is 0 Å². The van der Waals surface area contributed by atoms with E-state index in [1.807, 2.05) is 39.0 Å². The van der Waals surface area contributed by atoms with Gasteiger partial charge in [-0.25, -0.2) is 12.8 Å². The van der Waals surface area contributed by atoms with Gasteiger partial charge in [0, 0.05) is 12.0 Å². The van der Waals surface area contributed by atoms with Crippen molar-refractivity contribution in [2.75, 3.05) is 17.1 Å². The maximum Gasteiger partial charge on any atom is 0.241 e. The van der Waals surface area contributed by atoms with E-state index >= 15 is 0 Å². The highest BCUT2D eigenvalue weighted by atomic mass is 32.2. The van der Waals surface area contributed by atoms with E-state index in [0.717, 1.165) is 27.8 Å². The number of aryl methyl sites for hydroxylation is 1. The monoisotopic (exact) mass is 420 g/mol. The van der Waals surface area contributed by atoms with E-state index in [9.17, 15) is 17.6 Å². The molecule has 2 aromatic carbocycles. The van der Waals surface area contributed by atoms with Gasteiger partial charge in [0.15, 0.2) is 0 Å². The van der Waals surface area contributed by atoms with Gasteiger partial charge < -0.3 is 10.1 Å². The van der Waals surface area contributed by atoms with E-state index in [0.29, 0.717) is 12.2 Å². The fourth-order valence-electron chi connectivity index (χ4n) is 3.49. The summed E-state index contributed by atoms with van der Waals surface area (Å²) in [5, 5.41) is 2.92. The lowest BCUT2D eigenvalue weighted by atomic mass is 9.89. The summed E-state index contributed by atoms with van der Waals surface area (Å²) in [5.74, 6) is -0.349. The third-order valence-corrected chi connectivity index (χ3v) is 5.89. The van der Waals surface area contributed by atoms with Gasteiger partial charge in [0.25, 0.3) is 0 Å². The number of rotatable bonds is 5. The summed E-state index contributed by atoms with van der Waals surface area (Å²) in [6.07, 6.45) is 1.52. The Morgan fingerprint density at radius 1 is 1.28 bits per heavy atom. The first-order valence-corrected chi connectivity index (χ1v) is 11.1. The maximum absolute atomic E-state index is 13.6. The molecule has 8 heteroatoms. The topological polar surface area (TPSA) is 75.7 Å². The molecule has 1 amide bonds. The molecule has 1 unspecified atom stereocenters. The molecule has 1 N–H and O–H groups in total. The zero-order valence-corrected chi connectivity index (χ0v) is 17.7. The first kappa shape index (κ1) is 21.1. The molecule has 1 aliphatic heterocycles. The second-order valence-corrected chi connectivity index (χ2v) is 9.88. The number of ether oxygens (including phenoxy) is 1. The number of nitrogens with zero attached hydrogens (tertiary/aromatic N) is 1. The summed E-state index contributed by atoms with van der Waals surface area (Å²) < 4.78 is 44.9. The quantitative estimate of drug-likeness (QED) is 0.805. The molecule has 0 saturated heterocycles. The highest BCUT2D eigenvalue weighted by Gasteiger charge is 2.35. The van der Waals surface area contributed by atoms with Crippen molar-refractivity contribution in [3.8, 4) is 5.75 Å². The minimum absolute atomic E-state index is 0.103. The smallest absolute Gasteiger partial charge is 0.241 e. The number of fused-ring (bicyclic) bond motifs is 1. The minimum Gasteiger partial charge on any atom is -0.487 e. The fraction of sp³-hybridized carbons (Fsp3) is 0.381. The molecule has 0 fully saturated rings. The van der Waals surface area contributed by atoms with E-state index in [1.165, 1.54) is 18.2 Å². The average Bonchev–Trinajstić information content (AvgIpc) is 2.57. The molecule has 1 heterocycles. The number of halogens is 1. The molecule has 0 aliphatic carbocycles. The summed E-state index contributed by atoms with van der Waals surface area (Å²) in [7, 11) is -3.78. The molecule has 0 aromatic heterocycles. The van der Waals surface area contributed by atoms with Crippen molar-refractivity contribution in [1.82, 2.24) is 5.32 Å². The number of hydrogen-bond donors (Lipinski definition) is 1. The van der Waals surface area contributed by atoms with Gasteiger partial charge in [-0.2, -0.15) is 0 Å². The highest BCUT2D eigenvalue weighted by Crippen LogP contribution is 2.39. The Bertz CT molecular complexity index is 1040. The van der Waals surface area contributed by atoms with Gasteiger partial charge in [0.2, 0.25) is 15.9 Å². The van der Waals surface area contributed by atoms with Gasteiger partial charge in [-0.3, -0.25) is 9.10 Å². The Kier molecular flexibility index (Phi) is 5.58. The molecule has 0 saturated carbocycles.